The Bertz CT molecular complexity index is 406. The lowest BCUT2D eigenvalue weighted by atomic mass is 9.77. The SMILES string of the molecule is COC(=O)c1csc(C2CCC(C(C)C)CC2)n1. The number of aromatic nitrogens is 1. The summed E-state index contributed by atoms with van der Waals surface area (Å²) in [6, 6.07) is 0. The van der Waals surface area contributed by atoms with E-state index in [4.69, 9.17) is 4.74 Å². The highest BCUT2D eigenvalue weighted by atomic mass is 32.1. The van der Waals surface area contributed by atoms with Gasteiger partial charge in [-0.3, -0.25) is 0 Å². The summed E-state index contributed by atoms with van der Waals surface area (Å²) in [4.78, 5) is 15.8. The number of ether oxygens (including phenoxy) is 1. The fourth-order valence-corrected chi connectivity index (χ4v) is 3.67. The molecule has 1 aromatic rings. The molecule has 0 amide bonds. The van der Waals surface area contributed by atoms with Gasteiger partial charge in [0, 0.05) is 11.3 Å². The first-order valence-corrected chi connectivity index (χ1v) is 7.53. The fourth-order valence-electron chi connectivity index (χ4n) is 2.71. The summed E-state index contributed by atoms with van der Waals surface area (Å²) in [6.45, 7) is 4.62. The lowest BCUT2D eigenvalue weighted by Crippen LogP contribution is -2.17. The van der Waals surface area contributed by atoms with Gasteiger partial charge in [0.05, 0.1) is 12.1 Å². The predicted molar refractivity (Wildman–Crippen MR) is 73.0 cm³/mol. The zero-order valence-corrected chi connectivity index (χ0v) is 12.1. The van der Waals surface area contributed by atoms with E-state index in [-0.39, 0.29) is 5.97 Å². The third-order valence-electron chi connectivity index (χ3n) is 3.98. The number of esters is 1. The topological polar surface area (TPSA) is 39.2 Å². The van der Waals surface area contributed by atoms with Crippen molar-refractivity contribution in [1.82, 2.24) is 4.98 Å². The number of thiazole rings is 1. The van der Waals surface area contributed by atoms with Crippen molar-refractivity contribution in [3.05, 3.63) is 16.1 Å². The first-order valence-electron chi connectivity index (χ1n) is 6.65. The van der Waals surface area contributed by atoms with Crippen LogP contribution in [0.15, 0.2) is 5.38 Å². The molecular formula is C14H21NO2S. The van der Waals surface area contributed by atoms with Gasteiger partial charge in [-0.25, -0.2) is 9.78 Å². The van der Waals surface area contributed by atoms with Crippen molar-refractivity contribution in [2.45, 2.75) is 45.4 Å². The molecule has 0 N–H and O–H groups in total. The van der Waals surface area contributed by atoms with E-state index in [2.05, 4.69) is 18.8 Å². The van der Waals surface area contributed by atoms with E-state index in [1.54, 1.807) is 11.3 Å². The summed E-state index contributed by atoms with van der Waals surface area (Å²) < 4.78 is 4.69. The normalized spacial score (nSPS) is 24.2. The number of nitrogens with zero attached hydrogens (tertiary/aromatic N) is 1. The van der Waals surface area contributed by atoms with Crippen molar-refractivity contribution in [3.63, 3.8) is 0 Å². The molecule has 1 saturated carbocycles. The Kier molecular flexibility index (Phi) is 4.38. The molecule has 1 aromatic heterocycles. The maximum atomic E-state index is 11.4. The fraction of sp³-hybridized carbons (Fsp3) is 0.714. The van der Waals surface area contributed by atoms with Crippen molar-refractivity contribution in [2.75, 3.05) is 7.11 Å². The van der Waals surface area contributed by atoms with Gasteiger partial charge >= 0.3 is 5.97 Å². The Balaban J connectivity index is 1.97. The number of rotatable bonds is 3. The van der Waals surface area contributed by atoms with E-state index < -0.39 is 0 Å². The smallest absolute Gasteiger partial charge is 0.357 e. The van der Waals surface area contributed by atoms with Gasteiger partial charge in [0.15, 0.2) is 5.69 Å². The lowest BCUT2D eigenvalue weighted by molar-refractivity contribution is 0.0594. The molecule has 1 fully saturated rings. The number of carbonyl (C=O) groups is 1. The Labute approximate surface area is 113 Å². The van der Waals surface area contributed by atoms with E-state index in [0.717, 1.165) is 16.8 Å². The zero-order chi connectivity index (χ0) is 13.1. The van der Waals surface area contributed by atoms with Crippen LogP contribution in [0.5, 0.6) is 0 Å². The van der Waals surface area contributed by atoms with Crippen molar-refractivity contribution in [2.24, 2.45) is 11.8 Å². The second kappa shape index (κ2) is 5.83. The van der Waals surface area contributed by atoms with Crippen LogP contribution in [0.25, 0.3) is 0 Å². The largest absolute Gasteiger partial charge is 0.464 e. The van der Waals surface area contributed by atoms with Gasteiger partial charge in [-0.1, -0.05) is 13.8 Å². The predicted octanol–water partition coefficient (Wildman–Crippen LogP) is 3.86. The summed E-state index contributed by atoms with van der Waals surface area (Å²) in [5.41, 5.74) is 0.462. The van der Waals surface area contributed by atoms with Crippen LogP contribution < -0.4 is 0 Å². The summed E-state index contributed by atoms with van der Waals surface area (Å²) in [5.74, 6) is 1.87. The highest BCUT2D eigenvalue weighted by Crippen LogP contribution is 2.39. The third-order valence-corrected chi connectivity index (χ3v) is 4.99. The molecular weight excluding hydrogens is 246 g/mol. The molecule has 0 aromatic carbocycles. The molecule has 3 nitrogen and oxygen atoms in total. The Morgan fingerprint density at radius 1 is 1.39 bits per heavy atom. The van der Waals surface area contributed by atoms with E-state index >= 15 is 0 Å². The van der Waals surface area contributed by atoms with Crippen LogP contribution in [0.3, 0.4) is 0 Å². The zero-order valence-electron chi connectivity index (χ0n) is 11.3. The maximum Gasteiger partial charge on any atom is 0.357 e. The molecule has 1 aliphatic carbocycles. The number of methoxy groups -OCH3 is 1. The molecule has 0 spiro atoms. The molecule has 1 heterocycles. The molecule has 0 radical (unpaired) electrons. The standard InChI is InChI=1S/C14H21NO2S/c1-9(2)10-4-6-11(7-5-10)13-15-12(8-18-13)14(16)17-3/h8-11H,4-7H2,1-3H3. The Morgan fingerprint density at radius 2 is 2.06 bits per heavy atom. The minimum Gasteiger partial charge on any atom is -0.464 e. The van der Waals surface area contributed by atoms with Gasteiger partial charge in [0.25, 0.3) is 0 Å². The van der Waals surface area contributed by atoms with Gasteiger partial charge in [-0.2, -0.15) is 0 Å². The molecule has 2 rings (SSSR count). The second-order valence-corrected chi connectivity index (χ2v) is 6.31. The van der Waals surface area contributed by atoms with Gasteiger partial charge in [0.1, 0.15) is 0 Å². The highest BCUT2D eigenvalue weighted by molar-refractivity contribution is 7.09. The highest BCUT2D eigenvalue weighted by Gasteiger charge is 2.26. The average molecular weight is 267 g/mol. The quantitative estimate of drug-likeness (QED) is 0.781. The van der Waals surface area contributed by atoms with Crippen LogP contribution in [0.2, 0.25) is 0 Å². The number of hydrogen-bond donors (Lipinski definition) is 0. The molecule has 1 aliphatic rings. The lowest BCUT2D eigenvalue weighted by Gasteiger charge is -2.29. The monoisotopic (exact) mass is 267 g/mol. The minimum absolute atomic E-state index is 0.326. The summed E-state index contributed by atoms with van der Waals surface area (Å²) in [6.07, 6.45) is 4.99. The van der Waals surface area contributed by atoms with Crippen molar-refractivity contribution in [1.29, 1.82) is 0 Å². The van der Waals surface area contributed by atoms with Crippen molar-refractivity contribution < 1.29 is 9.53 Å². The van der Waals surface area contributed by atoms with Gasteiger partial charge in [-0.05, 0) is 37.5 Å². The summed E-state index contributed by atoms with van der Waals surface area (Å²) in [7, 11) is 1.40. The molecule has 4 heteroatoms. The maximum absolute atomic E-state index is 11.4. The van der Waals surface area contributed by atoms with Crippen LogP contribution in [0, 0.1) is 11.8 Å². The number of hydrogen-bond acceptors (Lipinski definition) is 4. The van der Waals surface area contributed by atoms with Crippen LogP contribution in [0.4, 0.5) is 0 Å². The summed E-state index contributed by atoms with van der Waals surface area (Å²) in [5, 5.41) is 2.92. The Morgan fingerprint density at radius 3 is 2.61 bits per heavy atom. The third kappa shape index (κ3) is 2.91. The van der Waals surface area contributed by atoms with E-state index in [9.17, 15) is 4.79 Å². The van der Waals surface area contributed by atoms with Crippen molar-refractivity contribution >= 4 is 17.3 Å². The molecule has 0 unspecified atom stereocenters. The summed E-state index contributed by atoms with van der Waals surface area (Å²) >= 11 is 1.60. The molecule has 18 heavy (non-hydrogen) atoms. The number of carbonyl (C=O) groups excluding carboxylic acids is 1. The first kappa shape index (κ1) is 13.5. The molecule has 0 saturated heterocycles. The Hall–Kier alpha value is -0.900. The van der Waals surface area contributed by atoms with Gasteiger partial charge in [-0.15, -0.1) is 11.3 Å². The van der Waals surface area contributed by atoms with Crippen molar-refractivity contribution in [3.8, 4) is 0 Å². The average Bonchev–Trinajstić information content (AvgIpc) is 2.87. The van der Waals surface area contributed by atoms with E-state index in [1.165, 1.54) is 32.8 Å². The second-order valence-electron chi connectivity index (χ2n) is 5.42. The molecule has 100 valence electrons. The van der Waals surface area contributed by atoms with Crippen LogP contribution >= 0.6 is 11.3 Å². The van der Waals surface area contributed by atoms with Crippen LogP contribution in [-0.2, 0) is 4.74 Å². The molecule has 0 bridgehead atoms. The molecule has 0 atom stereocenters. The van der Waals surface area contributed by atoms with E-state index in [1.807, 2.05) is 5.38 Å². The van der Waals surface area contributed by atoms with Crippen LogP contribution in [0.1, 0.15) is 60.9 Å². The minimum atomic E-state index is -0.326. The first-order chi connectivity index (χ1) is 8.61. The van der Waals surface area contributed by atoms with Gasteiger partial charge < -0.3 is 4.74 Å². The molecule has 0 aliphatic heterocycles. The van der Waals surface area contributed by atoms with Gasteiger partial charge in [0.2, 0.25) is 0 Å². The van der Waals surface area contributed by atoms with Crippen LogP contribution in [-0.4, -0.2) is 18.1 Å². The van der Waals surface area contributed by atoms with E-state index in [0.29, 0.717) is 11.6 Å².